The standard InChI is InChI=1S/C13H18N2OS/c14-12(16)11-8-5-9-15(13(11)17)10-6-3-1-2-4-7-10/h5,8-10H,1-4,6-7H2,(H2,14,16). The molecule has 0 aromatic carbocycles. The Morgan fingerprint density at radius 3 is 2.53 bits per heavy atom. The van der Waals surface area contributed by atoms with Crippen molar-refractivity contribution in [2.45, 2.75) is 44.6 Å². The molecule has 2 N–H and O–H groups in total. The molecular weight excluding hydrogens is 232 g/mol. The van der Waals surface area contributed by atoms with Crippen molar-refractivity contribution in [3.8, 4) is 0 Å². The number of amides is 1. The van der Waals surface area contributed by atoms with Crippen LogP contribution in [0.5, 0.6) is 0 Å². The Balaban J connectivity index is 2.34. The van der Waals surface area contributed by atoms with Gasteiger partial charge in [0.2, 0.25) is 0 Å². The number of hydrogen-bond acceptors (Lipinski definition) is 2. The van der Waals surface area contributed by atoms with Crippen molar-refractivity contribution in [3.63, 3.8) is 0 Å². The Hall–Kier alpha value is -1.16. The summed E-state index contributed by atoms with van der Waals surface area (Å²) in [6, 6.07) is 4.00. The molecule has 0 atom stereocenters. The lowest BCUT2D eigenvalue weighted by Crippen LogP contribution is -2.17. The van der Waals surface area contributed by atoms with Gasteiger partial charge in [0.25, 0.3) is 5.91 Å². The fraction of sp³-hybridized carbons (Fsp3) is 0.538. The molecule has 1 aromatic rings. The summed E-state index contributed by atoms with van der Waals surface area (Å²) in [6.45, 7) is 0. The van der Waals surface area contributed by atoms with E-state index in [2.05, 4.69) is 4.57 Å². The fourth-order valence-electron chi connectivity index (χ4n) is 2.52. The third-order valence-electron chi connectivity index (χ3n) is 3.46. The summed E-state index contributed by atoms with van der Waals surface area (Å²) in [5.41, 5.74) is 5.79. The predicted molar refractivity (Wildman–Crippen MR) is 70.5 cm³/mol. The molecule has 1 saturated carbocycles. The van der Waals surface area contributed by atoms with E-state index in [1.165, 1.54) is 25.7 Å². The van der Waals surface area contributed by atoms with Crippen LogP contribution in [0, 0.1) is 4.64 Å². The zero-order valence-corrected chi connectivity index (χ0v) is 10.7. The average molecular weight is 250 g/mol. The first-order chi connectivity index (χ1) is 8.20. The molecule has 1 aliphatic carbocycles. The molecule has 92 valence electrons. The topological polar surface area (TPSA) is 48.0 Å². The van der Waals surface area contributed by atoms with Crippen LogP contribution in [0.25, 0.3) is 0 Å². The SMILES string of the molecule is NC(=O)c1cccn(C2CCCCCC2)c1=S. The number of carbonyl (C=O) groups is 1. The van der Waals surface area contributed by atoms with E-state index in [1.807, 2.05) is 12.3 Å². The van der Waals surface area contributed by atoms with Gasteiger partial charge in [0.05, 0.1) is 5.56 Å². The van der Waals surface area contributed by atoms with Crippen LogP contribution >= 0.6 is 12.2 Å². The van der Waals surface area contributed by atoms with Crippen LogP contribution in [-0.4, -0.2) is 10.5 Å². The molecule has 0 radical (unpaired) electrons. The average Bonchev–Trinajstić information content (AvgIpc) is 2.57. The van der Waals surface area contributed by atoms with Crippen LogP contribution in [0.2, 0.25) is 0 Å². The molecule has 1 amide bonds. The van der Waals surface area contributed by atoms with Crippen molar-refractivity contribution in [1.29, 1.82) is 0 Å². The molecule has 1 fully saturated rings. The van der Waals surface area contributed by atoms with Crippen LogP contribution in [0.1, 0.15) is 54.9 Å². The number of nitrogens with two attached hydrogens (primary N) is 1. The highest BCUT2D eigenvalue weighted by Gasteiger charge is 2.15. The molecular formula is C13H18N2OS. The van der Waals surface area contributed by atoms with Gasteiger partial charge in [-0.3, -0.25) is 4.79 Å². The van der Waals surface area contributed by atoms with Crippen LogP contribution in [-0.2, 0) is 0 Å². The maximum Gasteiger partial charge on any atom is 0.251 e. The van der Waals surface area contributed by atoms with E-state index < -0.39 is 5.91 Å². The van der Waals surface area contributed by atoms with Crippen LogP contribution < -0.4 is 5.73 Å². The lowest BCUT2D eigenvalue weighted by atomic mass is 10.1. The fourth-order valence-corrected chi connectivity index (χ4v) is 2.90. The minimum atomic E-state index is -0.432. The van der Waals surface area contributed by atoms with Gasteiger partial charge in [-0.05, 0) is 25.0 Å². The van der Waals surface area contributed by atoms with Gasteiger partial charge in [0, 0.05) is 12.2 Å². The van der Waals surface area contributed by atoms with Crippen molar-refractivity contribution in [3.05, 3.63) is 28.5 Å². The Labute approximate surface area is 107 Å². The quantitative estimate of drug-likeness (QED) is 0.647. The molecule has 1 heterocycles. The molecule has 0 spiro atoms. The molecule has 0 aliphatic heterocycles. The maximum absolute atomic E-state index is 11.3. The summed E-state index contributed by atoms with van der Waals surface area (Å²) in [5.74, 6) is -0.432. The van der Waals surface area contributed by atoms with Crippen LogP contribution in [0.4, 0.5) is 0 Å². The Bertz CT molecular complexity index is 459. The summed E-state index contributed by atoms with van der Waals surface area (Å²) in [4.78, 5) is 11.3. The first-order valence-corrected chi connectivity index (χ1v) is 6.62. The molecule has 1 aromatic heterocycles. The number of hydrogen-bond donors (Lipinski definition) is 1. The van der Waals surface area contributed by atoms with Gasteiger partial charge >= 0.3 is 0 Å². The zero-order valence-electron chi connectivity index (χ0n) is 9.89. The number of aromatic nitrogens is 1. The van der Waals surface area contributed by atoms with Gasteiger partial charge < -0.3 is 10.3 Å². The predicted octanol–water partition coefficient (Wildman–Crippen LogP) is 3.21. The molecule has 0 saturated heterocycles. The molecule has 3 nitrogen and oxygen atoms in total. The second-order valence-electron chi connectivity index (χ2n) is 4.64. The first kappa shape index (κ1) is 12.3. The summed E-state index contributed by atoms with van der Waals surface area (Å²) >= 11 is 5.36. The van der Waals surface area contributed by atoms with E-state index in [-0.39, 0.29) is 0 Å². The van der Waals surface area contributed by atoms with E-state index >= 15 is 0 Å². The molecule has 0 unspecified atom stereocenters. The lowest BCUT2D eigenvalue weighted by molar-refractivity contribution is 0.0999. The van der Waals surface area contributed by atoms with E-state index in [0.717, 1.165) is 12.8 Å². The van der Waals surface area contributed by atoms with Gasteiger partial charge in [0.15, 0.2) is 0 Å². The normalized spacial score (nSPS) is 17.6. The Kier molecular flexibility index (Phi) is 3.94. The van der Waals surface area contributed by atoms with Crippen LogP contribution in [0.3, 0.4) is 0 Å². The van der Waals surface area contributed by atoms with Crippen molar-refractivity contribution in [2.75, 3.05) is 0 Å². The third kappa shape index (κ3) is 2.75. The lowest BCUT2D eigenvalue weighted by Gasteiger charge is -2.19. The molecule has 2 rings (SSSR count). The smallest absolute Gasteiger partial charge is 0.251 e. The summed E-state index contributed by atoms with van der Waals surface area (Å²) in [5, 5.41) is 0. The van der Waals surface area contributed by atoms with Crippen molar-refractivity contribution < 1.29 is 4.79 Å². The monoisotopic (exact) mass is 250 g/mol. The highest BCUT2D eigenvalue weighted by molar-refractivity contribution is 7.71. The summed E-state index contributed by atoms with van der Waals surface area (Å²) < 4.78 is 2.65. The number of pyridine rings is 1. The number of primary amides is 1. The van der Waals surface area contributed by atoms with E-state index in [1.54, 1.807) is 6.07 Å². The Morgan fingerprint density at radius 1 is 1.29 bits per heavy atom. The molecule has 0 bridgehead atoms. The van der Waals surface area contributed by atoms with E-state index in [4.69, 9.17) is 18.0 Å². The molecule has 1 aliphatic rings. The van der Waals surface area contributed by atoms with Gasteiger partial charge in [0.1, 0.15) is 4.64 Å². The minimum absolute atomic E-state index is 0.432. The number of carbonyl (C=O) groups excluding carboxylic acids is 1. The second-order valence-corrected chi connectivity index (χ2v) is 5.03. The zero-order chi connectivity index (χ0) is 12.3. The van der Waals surface area contributed by atoms with Gasteiger partial charge in [-0.15, -0.1) is 0 Å². The third-order valence-corrected chi connectivity index (χ3v) is 3.89. The summed E-state index contributed by atoms with van der Waals surface area (Å²) in [6.07, 6.45) is 9.37. The van der Waals surface area contributed by atoms with E-state index in [0.29, 0.717) is 16.2 Å². The number of nitrogens with zero attached hydrogens (tertiary/aromatic N) is 1. The van der Waals surface area contributed by atoms with E-state index in [9.17, 15) is 4.79 Å². The van der Waals surface area contributed by atoms with Crippen molar-refractivity contribution in [2.24, 2.45) is 5.73 Å². The van der Waals surface area contributed by atoms with Gasteiger partial charge in [-0.1, -0.05) is 37.9 Å². The minimum Gasteiger partial charge on any atom is -0.366 e. The van der Waals surface area contributed by atoms with Gasteiger partial charge in [-0.25, -0.2) is 0 Å². The van der Waals surface area contributed by atoms with Gasteiger partial charge in [-0.2, -0.15) is 0 Å². The Morgan fingerprint density at radius 2 is 1.94 bits per heavy atom. The van der Waals surface area contributed by atoms with Crippen LogP contribution in [0.15, 0.2) is 18.3 Å². The second kappa shape index (κ2) is 5.45. The van der Waals surface area contributed by atoms with Crippen molar-refractivity contribution >= 4 is 18.1 Å². The largest absolute Gasteiger partial charge is 0.366 e. The first-order valence-electron chi connectivity index (χ1n) is 6.21. The molecule has 17 heavy (non-hydrogen) atoms. The number of rotatable bonds is 2. The molecule has 4 heteroatoms. The highest BCUT2D eigenvalue weighted by Crippen LogP contribution is 2.27. The maximum atomic E-state index is 11.3. The summed E-state index contributed by atoms with van der Waals surface area (Å²) in [7, 11) is 0. The van der Waals surface area contributed by atoms with Crippen molar-refractivity contribution in [1.82, 2.24) is 4.57 Å². The highest BCUT2D eigenvalue weighted by atomic mass is 32.1.